The van der Waals surface area contributed by atoms with Crippen LogP contribution in [0, 0.1) is 6.92 Å². The number of aryl methyl sites for hydroxylation is 1. The first kappa shape index (κ1) is 12.4. The van der Waals surface area contributed by atoms with E-state index in [9.17, 15) is 4.79 Å². The van der Waals surface area contributed by atoms with Crippen LogP contribution in [0.4, 0.5) is 4.79 Å². The highest BCUT2D eigenvalue weighted by Crippen LogP contribution is 2.05. The number of benzene rings is 1. The number of carbonyl (C=O) groups excluding carboxylic acids is 1. The van der Waals surface area contributed by atoms with Gasteiger partial charge in [0.15, 0.2) is 0 Å². The first-order valence-electron chi connectivity index (χ1n) is 4.75. The highest BCUT2D eigenvalue weighted by molar-refractivity contribution is 14.1. The summed E-state index contributed by atoms with van der Waals surface area (Å²) in [7, 11) is 1.98. The molecule has 0 aliphatic heterocycles. The Hall–Kier alpha value is -0.620. The van der Waals surface area contributed by atoms with Crippen LogP contribution in [0.3, 0.4) is 0 Å². The molecule has 82 valence electrons. The summed E-state index contributed by atoms with van der Waals surface area (Å²) < 4.78 is -0.0247. The lowest BCUT2D eigenvalue weighted by Gasteiger charge is -2.16. The number of hydrogen-bond donors (Lipinski definition) is 1. The minimum Gasteiger partial charge on any atom is -0.335 e. The molecule has 1 amide bonds. The molecule has 1 aromatic carbocycles. The van der Waals surface area contributed by atoms with E-state index in [-0.39, 0.29) is 3.91 Å². The van der Waals surface area contributed by atoms with Crippen molar-refractivity contribution in [3.63, 3.8) is 0 Å². The number of rotatable bonds is 4. The monoisotopic (exact) mass is 318 g/mol. The van der Waals surface area contributed by atoms with Crippen molar-refractivity contribution >= 4 is 26.5 Å². The lowest BCUT2D eigenvalue weighted by Crippen LogP contribution is -2.31. The van der Waals surface area contributed by atoms with Crippen molar-refractivity contribution in [2.45, 2.75) is 13.5 Å². The molecule has 0 aliphatic rings. The van der Waals surface area contributed by atoms with Crippen LogP contribution in [-0.4, -0.2) is 22.5 Å². The third kappa shape index (κ3) is 5.13. The summed E-state index contributed by atoms with van der Waals surface area (Å²) in [4.78, 5) is 12.8. The predicted octanol–water partition coefficient (Wildman–Crippen LogP) is 2.53. The van der Waals surface area contributed by atoms with Gasteiger partial charge < -0.3 is 5.32 Å². The molecule has 0 aliphatic carbocycles. The Labute approximate surface area is 104 Å². The Morgan fingerprint density at radius 3 is 2.53 bits per heavy atom. The average Bonchev–Trinajstić information content (AvgIpc) is 2.19. The SMILES string of the molecule is Cc1ccc(CN(C)CNC(=O)I)cc1. The molecule has 1 aromatic rings. The van der Waals surface area contributed by atoms with Gasteiger partial charge >= 0.3 is 0 Å². The minimum absolute atomic E-state index is 0.0247. The summed E-state index contributed by atoms with van der Waals surface area (Å²) in [6.45, 7) is 3.50. The van der Waals surface area contributed by atoms with Crippen molar-refractivity contribution in [1.82, 2.24) is 10.2 Å². The number of halogens is 1. The quantitative estimate of drug-likeness (QED) is 0.400. The van der Waals surface area contributed by atoms with Crippen molar-refractivity contribution in [3.8, 4) is 0 Å². The fourth-order valence-corrected chi connectivity index (χ4v) is 1.43. The molecule has 1 N–H and O–H groups in total. The molecule has 0 fully saturated rings. The summed E-state index contributed by atoms with van der Waals surface area (Å²) in [5.74, 6) is 0. The maximum Gasteiger partial charge on any atom is 0.281 e. The van der Waals surface area contributed by atoms with Gasteiger partial charge in [-0.15, -0.1) is 0 Å². The summed E-state index contributed by atoms with van der Waals surface area (Å²) >= 11 is 1.73. The largest absolute Gasteiger partial charge is 0.335 e. The Bertz CT molecular complexity index is 324. The molecule has 0 saturated carbocycles. The van der Waals surface area contributed by atoms with E-state index in [1.807, 2.05) is 7.05 Å². The fraction of sp³-hybridized carbons (Fsp3) is 0.364. The van der Waals surface area contributed by atoms with E-state index in [1.165, 1.54) is 11.1 Å². The molecule has 15 heavy (non-hydrogen) atoms. The van der Waals surface area contributed by atoms with Crippen molar-refractivity contribution < 1.29 is 4.79 Å². The highest BCUT2D eigenvalue weighted by atomic mass is 127. The molecule has 3 nitrogen and oxygen atoms in total. The molecule has 0 radical (unpaired) electrons. The molecule has 0 spiro atoms. The van der Waals surface area contributed by atoms with Crippen LogP contribution in [0.1, 0.15) is 11.1 Å². The Morgan fingerprint density at radius 2 is 2.00 bits per heavy atom. The van der Waals surface area contributed by atoms with Gasteiger partial charge in [0.05, 0.1) is 6.67 Å². The van der Waals surface area contributed by atoms with Crippen molar-refractivity contribution in [2.75, 3.05) is 13.7 Å². The van der Waals surface area contributed by atoms with Gasteiger partial charge in [-0.2, -0.15) is 0 Å². The Balaban J connectivity index is 2.40. The van der Waals surface area contributed by atoms with Gasteiger partial charge in [0.1, 0.15) is 0 Å². The van der Waals surface area contributed by atoms with Gasteiger partial charge in [-0.05, 0) is 19.5 Å². The first-order chi connectivity index (χ1) is 7.08. The zero-order valence-electron chi connectivity index (χ0n) is 8.96. The average molecular weight is 318 g/mol. The third-order valence-electron chi connectivity index (χ3n) is 2.06. The third-order valence-corrected chi connectivity index (χ3v) is 2.44. The molecule has 0 saturated heterocycles. The second-order valence-corrected chi connectivity index (χ2v) is 4.59. The van der Waals surface area contributed by atoms with Crippen LogP contribution in [0.25, 0.3) is 0 Å². The molecule has 0 aromatic heterocycles. The Kier molecular flexibility index (Phi) is 5.04. The van der Waals surface area contributed by atoms with Gasteiger partial charge in [0.2, 0.25) is 0 Å². The predicted molar refractivity (Wildman–Crippen MR) is 70.1 cm³/mol. The lowest BCUT2D eigenvalue weighted by molar-refractivity contribution is 0.250. The number of hydrogen-bond acceptors (Lipinski definition) is 2. The van der Waals surface area contributed by atoms with Crippen LogP contribution in [0.2, 0.25) is 0 Å². The van der Waals surface area contributed by atoms with Gasteiger partial charge in [-0.1, -0.05) is 29.8 Å². The highest BCUT2D eigenvalue weighted by Gasteiger charge is 2.00. The van der Waals surface area contributed by atoms with Crippen molar-refractivity contribution in [2.24, 2.45) is 0 Å². The zero-order chi connectivity index (χ0) is 11.3. The molecule has 0 heterocycles. The molecule has 0 atom stereocenters. The summed E-state index contributed by atoms with van der Waals surface area (Å²) in [5.41, 5.74) is 2.52. The summed E-state index contributed by atoms with van der Waals surface area (Å²) in [6.07, 6.45) is 0. The van der Waals surface area contributed by atoms with E-state index in [4.69, 9.17) is 0 Å². The van der Waals surface area contributed by atoms with Crippen LogP contribution < -0.4 is 5.32 Å². The summed E-state index contributed by atoms with van der Waals surface area (Å²) in [5, 5.41) is 2.75. The van der Waals surface area contributed by atoms with E-state index in [1.54, 1.807) is 22.6 Å². The maximum absolute atomic E-state index is 10.7. The zero-order valence-corrected chi connectivity index (χ0v) is 11.1. The van der Waals surface area contributed by atoms with E-state index >= 15 is 0 Å². The van der Waals surface area contributed by atoms with E-state index in [0.29, 0.717) is 6.67 Å². The molecule has 0 unspecified atom stereocenters. The molecule has 1 rings (SSSR count). The number of nitrogens with zero attached hydrogens (tertiary/aromatic N) is 1. The van der Waals surface area contributed by atoms with Crippen LogP contribution in [0.15, 0.2) is 24.3 Å². The van der Waals surface area contributed by atoms with Crippen molar-refractivity contribution in [3.05, 3.63) is 35.4 Å². The number of nitrogens with one attached hydrogen (secondary N) is 1. The molecule has 4 heteroatoms. The standard InChI is InChI=1S/C11H15IN2O/c1-9-3-5-10(6-4-9)7-14(2)8-13-11(12)15/h3-6H,7-8H2,1-2H3,(H,13,15). The van der Waals surface area contributed by atoms with E-state index < -0.39 is 0 Å². The Morgan fingerprint density at radius 1 is 1.40 bits per heavy atom. The second-order valence-electron chi connectivity index (χ2n) is 3.61. The van der Waals surface area contributed by atoms with Crippen LogP contribution in [0.5, 0.6) is 0 Å². The van der Waals surface area contributed by atoms with Crippen LogP contribution >= 0.6 is 22.6 Å². The fourth-order valence-electron chi connectivity index (χ4n) is 1.26. The van der Waals surface area contributed by atoms with Crippen LogP contribution in [-0.2, 0) is 6.54 Å². The van der Waals surface area contributed by atoms with Gasteiger partial charge in [0, 0.05) is 29.1 Å². The molecular formula is C11H15IN2O. The lowest BCUT2D eigenvalue weighted by atomic mass is 10.1. The van der Waals surface area contributed by atoms with E-state index in [0.717, 1.165) is 6.54 Å². The summed E-state index contributed by atoms with van der Waals surface area (Å²) in [6, 6.07) is 8.41. The first-order valence-corrected chi connectivity index (χ1v) is 5.83. The van der Waals surface area contributed by atoms with E-state index in [2.05, 4.69) is 41.4 Å². The second kappa shape index (κ2) is 6.07. The van der Waals surface area contributed by atoms with Gasteiger partial charge in [0.25, 0.3) is 3.91 Å². The van der Waals surface area contributed by atoms with Gasteiger partial charge in [-0.3, -0.25) is 9.69 Å². The minimum atomic E-state index is -0.0247. The topological polar surface area (TPSA) is 32.3 Å². The normalized spacial score (nSPS) is 10.4. The number of carbonyl (C=O) groups is 1. The molecule has 0 bridgehead atoms. The smallest absolute Gasteiger partial charge is 0.281 e. The number of amides is 1. The molecular weight excluding hydrogens is 303 g/mol. The maximum atomic E-state index is 10.7. The van der Waals surface area contributed by atoms with Gasteiger partial charge in [-0.25, -0.2) is 0 Å². The van der Waals surface area contributed by atoms with Crippen molar-refractivity contribution in [1.29, 1.82) is 0 Å².